The van der Waals surface area contributed by atoms with Crippen molar-refractivity contribution in [3.05, 3.63) is 77.4 Å². The number of carbonyl (C=O) groups is 1. The first kappa shape index (κ1) is 23.9. The molecule has 4 rings (SSSR count). The van der Waals surface area contributed by atoms with Crippen LogP contribution in [0.15, 0.2) is 60.0 Å². The van der Waals surface area contributed by atoms with Gasteiger partial charge < -0.3 is 9.30 Å². The molecule has 3 aromatic heterocycles. The zero-order valence-corrected chi connectivity index (χ0v) is 21.0. The predicted octanol–water partition coefficient (Wildman–Crippen LogP) is 5.24. The molecule has 0 unspecified atom stereocenters. The summed E-state index contributed by atoms with van der Waals surface area (Å²) in [6.07, 6.45) is 3.50. The predicted molar refractivity (Wildman–Crippen MR) is 135 cm³/mol. The summed E-state index contributed by atoms with van der Waals surface area (Å²) in [7, 11) is 1.69. The van der Waals surface area contributed by atoms with Gasteiger partial charge in [-0.05, 0) is 57.5 Å². The lowest BCUT2D eigenvalue weighted by molar-refractivity contribution is 0.102. The first-order valence-corrected chi connectivity index (χ1v) is 12.2. The van der Waals surface area contributed by atoms with Gasteiger partial charge in [0.25, 0.3) is 0 Å². The van der Waals surface area contributed by atoms with Crippen LogP contribution in [-0.2, 0) is 4.74 Å². The van der Waals surface area contributed by atoms with Crippen molar-refractivity contribution >= 4 is 17.5 Å². The Morgan fingerprint density at radius 3 is 2.62 bits per heavy atom. The summed E-state index contributed by atoms with van der Waals surface area (Å²) in [6.45, 7) is 8.76. The fraction of sp³-hybridized carbons (Fsp3) is 0.308. The maximum atomic E-state index is 13.2. The van der Waals surface area contributed by atoms with E-state index in [1.807, 2.05) is 54.8 Å². The van der Waals surface area contributed by atoms with Crippen LogP contribution in [0.5, 0.6) is 0 Å². The number of para-hydroxylation sites is 1. The number of Topliss-reactive ketones (excluding diaryl/α,β-unsaturated/α-hetero) is 1. The number of ether oxygens (including phenoxy) is 1. The Hall–Kier alpha value is -3.23. The van der Waals surface area contributed by atoms with E-state index in [-0.39, 0.29) is 17.6 Å². The molecule has 0 bridgehead atoms. The molecular formula is C26H29N5O2S. The van der Waals surface area contributed by atoms with Gasteiger partial charge in [0.05, 0.1) is 24.1 Å². The van der Waals surface area contributed by atoms with Gasteiger partial charge in [-0.15, -0.1) is 10.2 Å². The fourth-order valence-corrected chi connectivity index (χ4v) is 5.17. The van der Waals surface area contributed by atoms with Crippen LogP contribution < -0.4 is 0 Å². The van der Waals surface area contributed by atoms with E-state index in [1.54, 1.807) is 19.5 Å². The van der Waals surface area contributed by atoms with E-state index in [0.717, 1.165) is 33.8 Å². The first-order chi connectivity index (χ1) is 16.4. The molecule has 0 N–H and O–H groups in total. The second-order valence-electron chi connectivity index (χ2n) is 8.34. The second-order valence-corrected chi connectivity index (χ2v) is 9.28. The Morgan fingerprint density at radius 2 is 1.91 bits per heavy atom. The number of rotatable bonds is 9. The summed E-state index contributed by atoms with van der Waals surface area (Å²) in [6, 6.07) is 14.1. The van der Waals surface area contributed by atoms with Crippen LogP contribution in [0.4, 0.5) is 0 Å². The third kappa shape index (κ3) is 4.69. The number of ketones is 1. The molecule has 4 aromatic rings. The van der Waals surface area contributed by atoms with Crippen molar-refractivity contribution in [2.75, 3.05) is 19.5 Å². The quantitative estimate of drug-likeness (QED) is 0.243. The average molecular weight is 476 g/mol. The Labute approximate surface area is 204 Å². The molecule has 0 saturated carbocycles. The zero-order chi connectivity index (χ0) is 24.2. The Kier molecular flexibility index (Phi) is 7.29. The van der Waals surface area contributed by atoms with Gasteiger partial charge in [0.15, 0.2) is 16.8 Å². The van der Waals surface area contributed by atoms with E-state index < -0.39 is 0 Å². The second kappa shape index (κ2) is 10.4. The zero-order valence-electron chi connectivity index (χ0n) is 20.1. The van der Waals surface area contributed by atoms with Crippen molar-refractivity contribution < 1.29 is 9.53 Å². The molecule has 0 radical (unpaired) electrons. The molecule has 3 heterocycles. The summed E-state index contributed by atoms with van der Waals surface area (Å²) < 4.78 is 9.49. The molecule has 0 aliphatic rings. The van der Waals surface area contributed by atoms with Crippen LogP contribution in [0.2, 0.25) is 0 Å². The van der Waals surface area contributed by atoms with E-state index in [9.17, 15) is 4.79 Å². The first-order valence-electron chi connectivity index (χ1n) is 11.2. The largest absolute Gasteiger partial charge is 0.383 e. The summed E-state index contributed by atoms with van der Waals surface area (Å²) >= 11 is 1.40. The number of nitrogens with zero attached hydrogens (tertiary/aromatic N) is 5. The molecule has 34 heavy (non-hydrogen) atoms. The van der Waals surface area contributed by atoms with Crippen LogP contribution in [0, 0.1) is 20.8 Å². The average Bonchev–Trinajstić information content (AvgIpc) is 3.38. The SMILES string of the molecule is COC[C@H](C)n1c(C)cc(C(=O)CSc2nnc(-c3cccnc3)n2-c2ccccc2C)c1C. The number of carbonyl (C=O) groups excluding carboxylic acids is 1. The number of methoxy groups -OCH3 is 1. The van der Waals surface area contributed by atoms with Crippen LogP contribution in [0.1, 0.15) is 40.3 Å². The van der Waals surface area contributed by atoms with Crippen LogP contribution >= 0.6 is 11.8 Å². The molecule has 0 spiro atoms. The lowest BCUT2D eigenvalue weighted by Crippen LogP contribution is -2.15. The monoisotopic (exact) mass is 475 g/mol. The topological polar surface area (TPSA) is 74.8 Å². The number of thioether (sulfide) groups is 1. The molecule has 8 heteroatoms. The van der Waals surface area contributed by atoms with Crippen LogP contribution in [-0.4, -0.2) is 49.6 Å². The number of hydrogen-bond acceptors (Lipinski definition) is 6. The van der Waals surface area contributed by atoms with Gasteiger partial charge in [-0.2, -0.15) is 0 Å². The van der Waals surface area contributed by atoms with Crippen molar-refractivity contribution in [3.8, 4) is 17.1 Å². The molecule has 0 aliphatic carbocycles. The fourth-order valence-electron chi connectivity index (χ4n) is 4.34. The Balaban J connectivity index is 1.65. The van der Waals surface area contributed by atoms with Crippen molar-refractivity contribution in [1.82, 2.24) is 24.3 Å². The number of aryl methyl sites for hydroxylation is 2. The van der Waals surface area contributed by atoms with Gasteiger partial charge in [-0.1, -0.05) is 30.0 Å². The summed E-state index contributed by atoms with van der Waals surface area (Å²) in [4.78, 5) is 17.5. The minimum atomic E-state index is 0.0660. The number of aromatic nitrogens is 5. The van der Waals surface area contributed by atoms with Crippen molar-refractivity contribution in [2.24, 2.45) is 0 Å². The van der Waals surface area contributed by atoms with Gasteiger partial charge in [0, 0.05) is 42.0 Å². The van der Waals surface area contributed by atoms with E-state index in [2.05, 4.69) is 39.7 Å². The Morgan fingerprint density at radius 1 is 1.12 bits per heavy atom. The van der Waals surface area contributed by atoms with E-state index in [4.69, 9.17) is 4.74 Å². The lowest BCUT2D eigenvalue weighted by atomic mass is 10.2. The molecule has 0 amide bonds. The molecule has 1 aromatic carbocycles. The minimum absolute atomic E-state index is 0.0660. The molecule has 0 fully saturated rings. The normalized spacial score (nSPS) is 12.1. The maximum Gasteiger partial charge on any atom is 0.196 e. The third-order valence-electron chi connectivity index (χ3n) is 5.88. The van der Waals surface area contributed by atoms with E-state index in [1.165, 1.54) is 11.8 Å². The van der Waals surface area contributed by atoms with Crippen molar-refractivity contribution in [2.45, 2.75) is 38.9 Å². The minimum Gasteiger partial charge on any atom is -0.383 e. The van der Waals surface area contributed by atoms with Gasteiger partial charge in [-0.25, -0.2) is 0 Å². The molecule has 7 nitrogen and oxygen atoms in total. The van der Waals surface area contributed by atoms with Crippen molar-refractivity contribution in [1.29, 1.82) is 0 Å². The summed E-state index contributed by atoms with van der Waals surface area (Å²) in [5.74, 6) is 1.03. The van der Waals surface area contributed by atoms with E-state index >= 15 is 0 Å². The molecule has 1 atom stereocenters. The third-order valence-corrected chi connectivity index (χ3v) is 6.80. The van der Waals surface area contributed by atoms with Gasteiger partial charge >= 0.3 is 0 Å². The Bertz CT molecular complexity index is 1300. The summed E-state index contributed by atoms with van der Waals surface area (Å²) in [5.41, 5.74) is 5.69. The highest BCUT2D eigenvalue weighted by molar-refractivity contribution is 7.99. The van der Waals surface area contributed by atoms with Gasteiger partial charge in [0.1, 0.15) is 0 Å². The van der Waals surface area contributed by atoms with E-state index in [0.29, 0.717) is 17.6 Å². The van der Waals surface area contributed by atoms with Crippen LogP contribution in [0.3, 0.4) is 0 Å². The molecule has 0 saturated heterocycles. The maximum absolute atomic E-state index is 13.2. The van der Waals surface area contributed by atoms with Crippen LogP contribution in [0.25, 0.3) is 17.1 Å². The molecule has 176 valence electrons. The number of pyridine rings is 1. The standard InChI is InChI=1S/C26H29N5O2S/c1-17-9-6-7-11-23(17)31-25(21-10-8-12-27-14-21)28-29-26(31)34-16-24(32)22-13-18(2)30(20(22)4)19(3)15-33-5/h6-14,19H,15-16H2,1-5H3/t19-/m0/s1. The number of benzene rings is 1. The van der Waals surface area contributed by atoms with Gasteiger partial charge in [-0.3, -0.25) is 14.3 Å². The van der Waals surface area contributed by atoms with Gasteiger partial charge in [0.2, 0.25) is 0 Å². The lowest BCUT2D eigenvalue weighted by Gasteiger charge is -2.17. The van der Waals surface area contributed by atoms with Crippen molar-refractivity contribution in [3.63, 3.8) is 0 Å². The molecule has 0 aliphatic heterocycles. The highest BCUT2D eigenvalue weighted by Crippen LogP contribution is 2.30. The smallest absolute Gasteiger partial charge is 0.196 e. The highest BCUT2D eigenvalue weighted by atomic mass is 32.2. The molecular weight excluding hydrogens is 446 g/mol. The highest BCUT2D eigenvalue weighted by Gasteiger charge is 2.22. The summed E-state index contributed by atoms with van der Waals surface area (Å²) in [5, 5.41) is 9.57. The number of hydrogen-bond donors (Lipinski definition) is 0.